The number of allylic oxidation sites excluding steroid dienone is 2. The lowest BCUT2D eigenvalue weighted by Gasteiger charge is -2.31. The van der Waals surface area contributed by atoms with E-state index in [1.54, 1.807) is 18.2 Å². The van der Waals surface area contributed by atoms with Crippen molar-refractivity contribution < 1.29 is 13.9 Å². The summed E-state index contributed by atoms with van der Waals surface area (Å²) in [5.74, 6) is 0.194. The van der Waals surface area contributed by atoms with Crippen LogP contribution in [-0.2, 0) is 4.79 Å². The largest absolute Gasteiger partial charge is 0.488 e. The first-order valence-corrected chi connectivity index (χ1v) is 8.19. The highest BCUT2D eigenvalue weighted by Crippen LogP contribution is 2.24. The Kier molecular flexibility index (Phi) is 5.80. The fourth-order valence-electron chi connectivity index (χ4n) is 2.60. The minimum absolute atomic E-state index is 0.0265. The lowest BCUT2D eigenvalue weighted by atomic mass is 9.87. The molecule has 1 aromatic rings. The van der Waals surface area contributed by atoms with Crippen LogP contribution in [0.15, 0.2) is 36.4 Å². The monoisotopic (exact) mass is 319 g/mol. The number of amides is 1. The Bertz CT molecular complexity index is 563. The van der Waals surface area contributed by atoms with Gasteiger partial charge in [0.05, 0.1) is 6.04 Å². The number of carbonyl (C=O) groups excluding carboxylic acids is 1. The average molecular weight is 319 g/mol. The molecule has 0 saturated carbocycles. The predicted molar refractivity (Wildman–Crippen MR) is 89.8 cm³/mol. The van der Waals surface area contributed by atoms with Gasteiger partial charge < -0.3 is 10.1 Å². The Balaban J connectivity index is 1.93. The topological polar surface area (TPSA) is 38.3 Å². The number of benzene rings is 1. The molecule has 23 heavy (non-hydrogen) atoms. The van der Waals surface area contributed by atoms with E-state index in [1.165, 1.54) is 6.07 Å². The van der Waals surface area contributed by atoms with Crippen LogP contribution in [-0.4, -0.2) is 18.6 Å². The normalized spacial score (nSPS) is 18.7. The van der Waals surface area contributed by atoms with Crippen LogP contribution >= 0.6 is 0 Å². The molecule has 1 aliphatic carbocycles. The molecule has 0 saturated heterocycles. The molecule has 2 unspecified atom stereocenters. The van der Waals surface area contributed by atoms with Gasteiger partial charge in [-0.05, 0) is 36.3 Å². The molecule has 1 amide bonds. The number of carbonyl (C=O) groups is 1. The number of hydrogen-bond acceptors (Lipinski definition) is 2. The third-order valence-electron chi connectivity index (χ3n) is 4.18. The number of ether oxygens (including phenoxy) is 1. The molecule has 0 radical (unpaired) electrons. The maximum Gasteiger partial charge on any atom is 0.220 e. The van der Waals surface area contributed by atoms with Crippen molar-refractivity contribution in [3.8, 4) is 5.75 Å². The summed E-state index contributed by atoms with van der Waals surface area (Å²) < 4.78 is 19.2. The summed E-state index contributed by atoms with van der Waals surface area (Å²) in [6.45, 7) is 6.37. The van der Waals surface area contributed by atoms with Crippen molar-refractivity contribution in [3.63, 3.8) is 0 Å². The van der Waals surface area contributed by atoms with Gasteiger partial charge in [-0.15, -0.1) is 0 Å². The van der Waals surface area contributed by atoms with Gasteiger partial charge in [0.2, 0.25) is 5.91 Å². The molecule has 2 atom stereocenters. The van der Waals surface area contributed by atoms with Gasteiger partial charge in [-0.1, -0.05) is 45.1 Å². The highest BCUT2D eigenvalue weighted by atomic mass is 19.1. The zero-order valence-corrected chi connectivity index (χ0v) is 14.1. The first-order chi connectivity index (χ1) is 10.9. The Morgan fingerprint density at radius 3 is 2.74 bits per heavy atom. The SMILES string of the molecule is CC(C)(C)C(COc1ccccc1F)NC(=O)CC1C=CCC1. The fraction of sp³-hybridized carbons (Fsp3) is 0.526. The highest BCUT2D eigenvalue weighted by molar-refractivity contribution is 5.76. The van der Waals surface area contributed by atoms with Crippen molar-refractivity contribution in [2.45, 2.75) is 46.1 Å². The second kappa shape index (κ2) is 7.62. The van der Waals surface area contributed by atoms with Gasteiger partial charge in [-0.25, -0.2) is 4.39 Å². The van der Waals surface area contributed by atoms with Crippen LogP contribution in [0.2, 0.25) is 0 Å². The van der Waals surface area contributed by atoms with Gasteiger partial charge in [0.25, 0.3) is 0 Å². The minimum atomic E-state index is -0.387. The molecule has 0 aliphatic heterocycles. The van der Waals surface area contributed by atoms with Gasteiger partial charge in [0.1, 0.15) is 6.61 Å². The van der Waals surface area contributed by atoms with Crippen LogP contribution in [0, 0.1) is 17.2 Å². The lowest BCUT2D eigenvalue weighted by molar-refractivity contribution is -0.123. The van der Waals surface area contributed by atoms with Crippen molar-refractivity contribution in [1.29, 1.82) is 0 Å². The Morgan fingerprint density at radius 1 is 1.39 bits per heavy atom. The van der Waals surface area contributed by atoms with Crippen LogP contribution in [0.4, 0.5) is 4.39 Å². The summed E-state index contributed by atoms with van der Waals surface area (Å²) >= 11 is 0. The van der Waals surface area contributed by atoms with Gasteiger partial charge in [-0.2, -0.15) is 0 Å². The van der Waals surface area contributed by atoms with Gasteiger partial charge in [0.15, 0.2) is 11.6 Å². The molecule has 0 spiro atoms. The van der Waals surface area contributed by atoms with E-state index in [1.807, 2.05) is 20.8 Å². The molecular formula is C19H26FNO2. The van der Waals surface area contributed by atoms with E-state index in [-0.39, 0.29) is 35.5 Å². The number of hydrogen-bond donors (Lipinski definition) is 1. The zero-order valence-electron chi connectivity index (χ0n) is 14.1. The maximum absolute atomic E-state index is 13.6. The number of nitrogens with one attached hydrogen (secondary N) is 1. The molecule has 0 bridgehead atoms. The van der Waals surface area contributed by atoms with Crippen molar-refractivity contribution in [3.05, 3.63) is 42.2 Å². The molecule has 0 aromatic heterocycles. The summed E-state index contributed by atoms with van der Waals surface area (Å²) in [6.07, 6.45) is 6.83. The smallest absolute Gasteiger partial charge is 0.220 e. The highest BCUT2D eigenvalue weighted by Gasteiger charge is 2.28. The van der Waals surface area contributed by atoms with E-state index >= 15 is 0 Å². The number of para-hydroxylation sites is 1. The van der Waals surface area contributed by atoms with Crippen LogP contribution in [0.3, 0.4) is 0 Å². The second-order valence-electron chi connectivity index (χ2n) is 7.20. The van der Waals surface area contributed by atoms with Crippen LogP contribution in [0.5, 0.6) is 5.75 Å². The standard InChI is InChI=1S/C19H26FNO2/c1-19(2,3)17(13-23-16-11-7-6-10-15(16)20)21-18(22)12-14-8-4-5-9-14/h4,6-8,10-11,14,17H,5,9,12-13H2,1-3H3,(H,21,22). The number of halogens is 1. The number of rotatable bonds is 6. The summed E-state index contributed by atoms with van der Waals surface area (Å²) in [7, 11) is 0. The molecular weight excluding hydrogens is 293 g/mol. The molecule has 1 aromatic carbocycles. The van der Waals surface area contributed by atoms with E-state index in [4.69, 9.17) is 4.74 Å². The summed E-state index contributed by atoms with van der Waals surface area (Å²) in [4.78, 5) is 12.3. The molecule has 1 aliphatic rings. The van der Waals surface area contributed by atoms with Gasteiger partial charge in [0, 0.05) is 6.42 Å². The van der Waals surface area contributed by atoms with E-state index in [0.717, 1.165) is 12.8 Å². The molecule has 4 heteroatoms. The third-order valence-corrected chi connectivity index (χ3v) is 4.18. The van der Waals surface area contributed by atoms with Crippen LogP contribution in [0.1, 0.15) is 40.0 Å². The van der Waals surface area contributed by atoms with E-state index in [2.05, 4.69) is 17.5 Å². The average Bonchev–Trinajstić information content (AvgIpc) is 2.96. The predicted octanol–water partition coefficient (Wildman–Crippen LogP) is 4.09. The third kappa shape index (κ3) is 5.38. The molecule has 2 rings (SSSR count). The Labute approximate surface area is 137 Å². The maximum atomic E-state index is 13.6. The van der Waals surface area contributed by atoms with E-state index < -0.39 is 0 Å². The first kappa shape index (κ1) is 17.5. The quantitative estimate of drug-likeness (QED) is 0.802. The Hall–Kier alpha value is -1.84. The first-order valence-electron chi connectivity index (χ1n) is 8.19. The Morgan fingerprint density at radius 2 is 2.13 bits per heavy atom. The summed E-state index contributed by atoms with van der Waals surface area (Å²) in [5, 5.41) is 3.05. The molecule has 0 fully saturated rings. The lowest BCUT2D eigenvalue weighted by Crippen LogP contribution is -2.47. The van der Waals surface area contributed by atoms with Crippen molar-refractivity contribution in [1.82, 2.24) is 5.32 Å². The molecule has 3 nitrogen and oxygen atoms in total. The van der Waals surface area contributed by atoms with E-state index in [9.17, 15) is 9.18 Å². The molecule has 1 N–H and O–H groups in total. The zero-order chi connectivity index (χ0) is 16.9. The van der Waals surface area contributed by atoms with Crippen LogP contribution in [0.25, 0.3) is 0 Å². The molecule has 126 valence electrons. The van der Waals surface area contributed by atoms with Crippen molar-refractivity contribution >= 4 is 5.91 Å². The summed E-state index contributed by atoms with van der Waals surface area (Å²) in [5.41, 5.74) is -0.174. The van der Waals surface area contributed by atoms with Gasteiger partial charge in [-0.3, -0.25) is 4.79 Å². The molecule has 0 heterocycles. The second-order valence-corrected chi connectivity index (χ2v) is 7.20. The van der Waals surface area contributed by atoms with Crippen molar-refractivity contribution in [2.75, 3.05) is 6.61 Å². The van der Waals surface area contributed by atoms with E-state index in [0.29, 0.717) is 12.3 Å². The fourth-order valence-corrected chi connectivity index (χ4v) is 2.60. The minimum Gasteiger partial charge on any atom is -0.488 e. The van der Waals surface area contributed by atoms with Gasteiger partial charge >= 0.3 is 0 Å². The van der Waals surface area contributed by atoms with Crippen molar-refractivity contribution in [2.24, 2.45) is 11.3 Å². The van der Waals surface area contributed by atoms with Crippen LogP contribution < -0.4 is 10.1 Å². The summed E-state index contributed by atoms with van der Waals surface area (Å²) in [6, 6.07) is 6.14.